The van der Waals surface area contributed by atoms with Gasteiger partial charge in [0.25, 0.3) is 0 Å². The van der Waals surface area contributed by atoms with Crippen LogP contribution >= 0.6 is 0 Å². The van der Waals surface area contributed by atoms with Gasteiger partial charge in [-0.1, -0.05) is 37.3 Å². The van der Waals surface area contributed by atoms with Crippen LogP contribution in [0.15, 0.2) is 30.3 Å². The molecule has 110 valence electrons. The van der Waals surface area contributed by atoms with Gasteiger partial charge in [-0.15, -0.1) is 0 Å². The average molecular weight is 275 g/mol. The molecule has 1 amide bonds. The summed E-state index contributed by atoms with van der Waals surface area (Å²) in [4.78, 5) is 16.5. The number of nitrogens with zero attached hydrogens (tertiary/aromatic N) is 2. The topological polar surface area (TPSA) is 49.6 Å². The number of carbonyl (C=O) groups excluding carboxylic acids is 1. The summed E-state index contributed by atoms with van der Waals surface area (Å²) in [6.07, 6.45) is 1.05. The van der Waals surface area contributed by atoms with Crippen LogP contribution in [-0.4, -0.2) is 49.4 Å². The zero-order valence-corrected chi connectivity index (χ0v) is 12.7. The Labute approximate surface area is 121 Å². The van der Waals surface area contributed by atoms with Crippen LogP contribution < -0.4 is 5.73 Å². The number of likely N-dealkylation sites (N-methyl/N-ethyl adjacent to an activating group) is 1. The van der Waals surface area contributed by atoms with E-state index in [0.29, 0.717) is 6.54 Å². The number of amides is 1. The Kier molecular flexibility index (Phi) is 4.45. The monoisotopic (exact) mass is 275 g/mol. The molecule has 4 nitrogen and oxygen atoms in total. The van der Waals surface area contributed by atoms with Crippen LogP contribution in [0.5, 0.6) is 0 Å². The molecule has 0 bridgehead atoms. The van der Waals surface area contributed by atoms with Crippen molar-refractivity contribution in [1.29, 1.82) is 0 Å². The highest BCUT2D eigenvalue weighted by molar-refractivity contribution is 5.82. The first-order valence-electron chi connectivity index (χ1n) is 7.17. The first-order chi connectivity index (χ1) is 9.47. The predicted octanol–water partition coefficient (Wildman–Crippen LogP) is 1.49. The van der Waals surface area contributed by atoms with Crippen LogP contribution in [-0.2, 0) is 4.79 Å². The number of hydrogen-bond acceptors (Lipinski definition) is 3. The molecule has 1 aliphatic heterocycles. The van der Waals surface area contributed by atoms with E-state index in [2.05, 4.69) is 11.8 Å². The van der Waals surface area contributed by atoms with Gasteiger partial charge in [0.2, 0.25) is 5.91 Å². The molecular weight excluding hydrogens is 250 g/mol. The number of nitrogens with two attached hydrogens (primary N) is 1. The molecule has 1 aromatic carbocycles. The van der Waals surface area contributed by atoms with E-state index in [0.717, 1.165) is 25.1 Å². The van der Waals surface area contributed by atoms with Gasteiger partial charge in [0.1, 0.15) is 6.04 Å². The maximum Gasteiger partial charge on any atom is 0.244 e. The standard InChI is InChI=1S/C16H25N3O/c1-16(11-17)9-10-19(12-16)14(15(20)18(2)3)13-7-5-4-6-8-13/h4-8,14H,9-12,17H2,1-3H3. The Morgan fingerprint density at radius 3 is 2.55 bits per heavy atom. The van der Waals surface area contributed by atoms with E-state index < -0.39 is 0 Å². The zero-order chi connectivity index (χ0) is 14.8. The van der Waals surface area contributed by atoms with Crippen molar-refractivity contribution in [2.24, 2.45) is 11.1 Å². The Hall–Kier alpha value is -1.39. The first-order valence-corrected chi connectivity index (χ1v) is 7.17. The summed E-state index contributed by atoms with van der Waals surface area (Å²) in [5.74, 6) is 0.137. The Morgan fingerprint density at radius 1 is 1.40 bits per heavy atom. The fourth-order valence-electron chi connectivity index (χ4n) is 2.84. The van der Waals surface area contributed by atoms with E-state index in [1.165, 1.54) is 0 Å². The average Bonchev–Trinajstić information content (AvgIpc) is 2.83. The largest absolute Gasteiger partial charge is 0.347 e. The Morgan fingerprint density at radius 2 is 2.05 bits per heavy atom. The van der Waals surface area contributed by atoms with Crippen molar-refractivity contribution in [2.75, 3.05) is 33.7 Å². The van der Waals surface area contributed by atoms with Gasteiger partial charge in [-0.25, -0.2) is 0 Å². The normalized spacial score (nSPS) is 24.6. The summed E-state index contributed by atoms with van der Waals surface area (Å²) < 4.78 is 0. The van der Waals surface area contributed by atoms with E-state index in [1.807, 2.05) is 44.4 Å². The van der Waals surface area contributed by atoms with Crippen molar-refractivity contribution in [2.45, 2.75) is 19.4 Å². The molecule has 2 unspecified atom stereocenters. The number of hydrogen-bond donors (Lipinski definition) is 1. The fourth-order valence-corrected chi connectivity index (χ4v) is 2.84. The summed E-state index contributed by atoms with van der Waals surface area (Å²) in [5, 5.41) is 0. The summed E-state index contributed by atoms with van der Waals surface area (Å²) in [7, 11) is 3.63. The summed E-state index contributed by atoms with van der Waals surface area (Å²) in [5.41, 5.74) is 7.07. The predicted molar refractivity (Wildman–Crippen MR) is 81.2 cm³/mol. The van der Waals surface area contributed by atoms with Crippen LogP contribution in [0, 0.1) is 5.41 Å². The highest BCUT2D eigenvalue weighted by Gasteiger charge is 2.39. The van der Waals surface area contributed by atoms with Crippen molar-refractivity contribution in [1.82, 2.24) is 9.80 Å². The summed E-state index contributed by atoms with van der Waals surface area (Å²) in [6, 6.07) is 9.83. The third kappa shape index (κ3) is 3.02. The molecule has 0 aliphatic carbocycles. The summed E-state index contributed by atoms with van der Waals surface area (Å²) >= 11 is 0. The molecule has 0 aromatic heterocycles. The molecule has 1 aliphatic rings. The van der Waals surface area contributed by atoms with Crippen molar-refractivity contribution in [3.8, 4) is 0 Å². The molecule has 1 aromatic rings. The van der Waals surface area contributed by atoms with Crippen LogP contribution in [0.3, 0.4) is 0 Å². The number of benzene rings is 1. The van der Waals surface area contributed by atoms with Gasteiger partial charge in [0, 0.05) is 20.6 Å². The van der Waals surface area contributed by atoms with E-state index in [1.54, 1.807) is 4.90 Å². The first kappa shape index (κ1) is 15.0. The lowest BCUT2D eigenvalue weighted by Crippen LogP contribution is -2.40. The maximum absolute atomic E-state index is 12.6. The highest BCUT2D eigenvalue weighted by Crippen LogP contribution is 2.35. The molecule has 2 N–H and O–H groups in total. The molecule has 1 fully saturated rings. The highest BCUT2D eigenvalue weighted by atomic mass is 16.2. The van der Waals surface area contributed by atoms with Crippen LogP contribution in [0.1, 0.15) is 24.9 Å². The second-order valence-electron chi connectivity index (χ2n) is 6.28. The van der Waals surface area contributed by atoms with Crippen LogP contribution in [0.4, 0.5) is 0 Å². The van der Waals surface area contributed by atoms with E-state index in [4.69, 9.17) is 5.73 Å². The fraction of sp³-hybridized carbons (Fsp3) is 0.562. The molecule has 1 saturated heterocycles. The van der Waals surface area contributed by atoms with Gasteiger partial charge >= 0.3 is 0 Å². The van der Waals surface area contributed by atoms with Gasteiger partial charge in [-0.2, -0.15) is 0 Å². The van der Waals surface area contributed by atoms with Crippen molar-refractivity contribution < 1.29 is 4.79 Å². The van der Waals surface area contributed by atoms with Crippen molar-refractivity contribution >= 4 is 5.91 Å². The molecule has 4 heteroatoms. The number of rotatable bonds is 4. The number of carbonyl (C=O) groups is 1. The van der Waals surface area contributed by atoms with Gasteiger partial charge in [-0.05, 0) is 30.5 Å². The third-order valence-corrected chi connectivity index (χ3v) is 4.24. The van der Waals surface area contributed by atoms with E-state index in [9.17, 15) is 4.79 Å². The Bertz CT molecular complexity index is 460. The quantitative estimate of drug-likeness (QED) is 0.905. The lowest BCUT2D eigenvalue weighted by Gasteiger charge is -2.31. The minimum absolute atomic E-state index is 0.125. The Balaban J connectivity index is 2.27. The molecule has 20 heavy (non-hydrogen) atoms. The number of likely N-dealkylation sites (tertiary alicyclic amines) is 1. The molecule has 0 radical (unpaired) electrons. The molecule has 2 rings (SSSR count). The van der Waals surface area contributed by atoms with Gasteiger partial charge < -0.3 is 10.6 Å². The molecule has 0 saturated carbocycles. The smallest absolute Gasteiger partial charge is 0.244 e. The lowest BCUT2D eigenvalue weighted by molar-refractivity contribution is -0.134. The van der Waals surface area contributed by atoms with Crippen molar-refractivity contribution in [3.63, 3.8) is 0 Å². The van der Waals surface area contributed by atoms with Crippen LogP contribution in [0.25, 0.3) is 0 Å². The molecule has 0 spiro atoms. The second-order valence-corrected chi connectivity index (χ2v) is 6.28. The van der Waals surface area contributed by atoms with Gasteiger partial charge in [0.05, 0.1) is 0 Å². The van der Waals surface area contributed by atoms with E-state index >= 15 is 0 Å². The van der Waals surface area contributed by atoms with Gasteiger partial charge in [0.15, 0.2) is 0 Å². The van der Waals surface area contributed by atoms with Gasteiger partial charge in [-0.3, -0.25) is 9.69 Å². The maximum atomic E-state index is 12.6. The SMILES string of the molecule is CN(C)C(=O)C(c1ccccc1)N1CCC(C)(CN)C1. The molecule has 1 heterocycles. The molecular formula is C16H25N3O. The van der Waals surface area contributed by atoms with Crippen LogP contribution in [0.2, 0.25) is 0 Å². The second kappa shape index (κ2) is 5.94. The van der Waals surface area contributed by atoms with E-state index in [-0.39, 0.29) is 17.4 Å². The summed E-state index contributed by atoms with van der Waals surface area (Å²) in [6.45, 7) is 4.67. The lowest BCUT2D eigenvalue weighted by atomic mass is 9.90. The molecule has 2 atom stereocenters. The van der Waals surface area contributed by atoms with Crippen molar-refractivity contribution in [3.05, 3.63) is 35.9 Å². The minimum Gasteiger partial charge on any atom is -0.347 e. The third-order valence-electron chi connectivity index (χ3n) is 4.24. The zero-order valence-electron chi connectivity index (χ0n) is 12.7. The minimum atomic E-state index is -0.195.